The van der Waals surface area contributed by atoms with Crippen LogP contribution in [0.25, 0.3) is 0 Å². The Morgan fingerprint density at radius 1 is 1.39 bits per heavy atom. The Labute approximate surface area is 106 Å². The molecule has 18 heavy (non-hydrogen) atoms. The van der Waals surface area contributed by atoms with E-state index >= 15 is 0 Å². The highest BCUT2D eigenvalue weighted by atomic mass is 35.5. The maximum Gasteiger partial charge on any atom is 0.389 e. The molecule has 1 rings (SSSR count). The lowest BCUT2D eigenvalue weighted by Gasteiger charge is -2.09. The quantitative estimate of drug-likeness (QED) is 0.837. The van der Waals surface area contributed by atoms with Crippen molar-refractivity contribution in [3.05, 3.63) is 28.8 Å². The van der Waals surface area contributed by atoms with E-state index in [9.17, 15) is 18.0 Å². The third kappa shape index (κ3) is 4.83. The van der Waals surface area contributed by atoms with E-state index in [2.05, 4.69) is 0 Å². The van der Waals surface area contributed by atoms with Gasteiger partial charge >= 0.3 is 12.1 Å². The molecule has 0 aromatic heterocycles. The number of carboxylic acid groups (broad SMARTS) is 1. The van der Waals surface area contributed by atoms with E-state index in [4.69, 9.17) is 21.4 Å². The molecule has 3 nitrogen and oxygen atoms in total. The summed E-state index contributed by atoms with van der Waals surface area (Å²) in [6.45, 7) is -0.109. The molecule has 0 saturated heterocycles. The third-order valence-corrected chi connectivity index (χ3v) is 2.36. The summed E-state index contributed by atoms with van der Waals surface area (Å²) < 4.78 is 40.6. The summed E-state index contributed by atoms with van der Waals surface area (Å²) in [5.41, 5.74) is -0.0840. The molecule has 0 aliphatic heterocycles. The number of carbonyl (C=O) groups is 1. The van der Waals surface area contributed by atoms with E-state index in [1.54, 1.807) is 0 Å². The number of aromatic carboxylic acids is 1. The van der Waals surface area contributed by atoms with Crippen LogP contribution in [-0.2, 0) is 0 Å². The second-order valence-electron chi connectivity index (χ2n) is 3.51. The molecule has 1 N–H and O–H groups in total. The lowest BCUT2D eigenvalue weighted by atomic mass is 10.2. The average Bonchev–Trinajstić information content (AvgIpc) is 2.22. The Morgan fingerprint density at radius 3 is 2.56 bits per heavy atom. The van der Waals surface area contributed by atoms with Gasteiger partial charge in [0.25, 0.3) is 0 Å². The molecule has 0 radical (unpaired) electrons. The molecule has 1 aromatic carbocycles. The van der Waals surface area contributed by atoms with E-state index in [0.717, 1.165) is 0 Å². The molecular weight excluding hydrogens is 273 g/mol. The molecule has 0 saturated carbocycles. The highest BCUT2D eigenvalue weighted by Crippen LogP contribution is 2.24. The van der Waals surface area contributed by atoms with Crippen LogP contribution in [0.2, 0.25) is 5.02 Å². The van der Waals surface area contributed by atoms with Crippen LogP contribution in [0.3, 0.4) is 0 Å². The summed E-state index contributed by atoms with van der Waals surface area (Å²) >= 11 is 5.67. The zero-order chi connectivity index (χ0) is 13.8. The molecule has 0 atom stereocenters. The highest BCUT2D eigenvalue weighted by molar-refractivity contribution is 6.33. The maximum absolute atomic E-state index is 11.8. The highest BCUT2D eigenvalue weighted by Gasteiger charge is 2.26. The van der Waals surface area contributed by atoms with Crippen molar-refractivity contribution in [3.8, 4) is 5.75 Å². The van der Waals surface area contributed by atoms with Crippen molar-refractivity contribution in [2.24, 2.45) is 0 Å². The first-order chi connectivity index (χ1) is 8.29. The lowest BCUT2D eigenvalue weighted by Crippen LogP contribution is -2.09. The number of carboxylic acids is 1. The first kappa shape index (κ1) is 14.6. The molecule has 0 spiro atoms. The van der Waals surface area contributed by atoms with Gasteiger partial charge in [0.1, 0.15) is 5.75 Å². The van der Waals surface area contributed by atoms with Gasteiger partial charge in [-0.15, -0.1) is 0 Å². The second-order valence-corrected chi connectivity index (χ2v) is 3.92. The van der Waals surface area contributed by atoms with Crippen LogP contribution in [0.5, 0.6) is 5.75 Å². The van der Waals surface area contributed by atoms with Gasteiger partial charge in [-0.05, 0) is 24.6 Å². The first-order valence-electron chi connectivity index (χ1n) is 5.02. The number of benzene rings is 1. The minimum atomic E-state index is -4.20. The largest absolute Gasteiger partial charge is 0.494 e. The Bertz CT molecular complexity index is 432. The zero-order valence-corrected chi connectivity index (χ0v) is 9.88. The predicted molar refractivity (Wildman–Crippen MR) is 59.2 cm³/mol. The minimum absolute atomic E-state index is 0.0178. The van der Waals surface area contributed by atoms with Gasteiger partial charge in [-0.25, -0.2) is 4.79 Å². The predicted octanol–water partition coefficient (Wildman–Crippen LogP) is 3.76. The normalized spacial score (nSPS) is 11.3. The SMILES string of the molecule is O=C(O)c1ccc(OCCCC(F)(F)F)cc1Cl. The van der Waals surface area contributed by atoms with Gasteiger partial charge in [0.15, 0.2) is 0 Å². The Balaban J connectivity index is 2.49. The van der Waals surface area contributed by atoms with Crippen LogP contribution in [0.15, 0.2) is 18.2 Å². The van der Waals surface area contributed by atoms with Crippen LogP contribution in [0, 0.1) is 0 Å². The van der Waals surface area contributed by atoms with Crippen molar-refractivity contribution in [1.29, 1.82) is 0 Å². The van der Waals surface area contributed by atoms with E-state index < -0.39 is 18.6 Å². The number of hydrogen-bond donors (Lipinski definition) is 1. The molecule has 100 valence electrons. The van der Waals surface area contributed by atoms with Crippen LogP contribution in [-0.4, -0.2) is 23.9 Å². The number of hydrogen-bond acceptors (Lipinski definition) is 2. The van der Waals surface area contributed by atoms with Crippen LogP contribution >= 0.6 is 11.6 Å². The van der Waals surface area contributed by atoms with Gasteiger partial charge in [0.2, 0.25) is 0 Å². The van der Waals surface area contributed by atoms with Crippen LogP contribution in [0.1, 0.15) is 23.2 Å². The molecule has 1 aromatic rings. The Morgan fingerprint density at radius 2 is 2.06 bits per heavy atom. The van der Waals surface area contributed by atoms with Gasteiger partial charge in [-0.3, -0.25) is 0 Å². The summed E-state index contributed by atoms with van der Waals surface area (Å²) in [5, 5.41) is 8.69. The average molecular weight is 283 g/mol. The van der Waals surface area contributed by atoms with Gasteiger partial charge in [0.05, 0.1) is 17.2 Å². The molecule has 0 bridgehead atoms. The summed E-state index contributed by atoms with van der Waals surface area (Å²) in [4.78, 5) is 10.7. The second kappa shape index (κ2) is 5.95. The van der Waals surface area contributed by atoms with Crippen molar-refractivity contribution in [2.45, 2.75) is 19.0 Å². The van der Waals surface area contributed by atoms with Crippen molar-refractivity contribution >= 4 is 17.6 Å². The number of halogens is 4. The van der Waals surface area contributed by atoms with E-state index in [1.165, 1.54) is 18.2 Å². The van der Waals surface area contributed by atoms with Gasteiger partial charge in [-0.1, -0.05) is 11.6 Å². The fourth-order valence-electron chi connectivity index (χ4n) is 1.22. The molecule has 0 amide bonds. The fourth-order valence-corrected chi connectivity index (χ4v) is 1.47. The monoisotopic (exact) mass is 282 g/mol. The number of rotatable bonds is 5. The standard InChI is InChI=1S/C11H10ClF3O3/c12-9-6-7(2-3-8(9)10(16)17)18-5-1-4-11(13,14)15/h2-3,6H,1,4-5H2,(H,16,17). The zero-order valence-electron chi connectivity index (χ0n) is 9.13. The summed E-state index contributed by atoms with van der Waals surface area (Å²) in [6, 6.07) is 3.85. The topological polar surface area (TPSA) is 46.5 Å². The van der Waals surface area contributed by atoms with Crippen molar-refractivity contribution < 1.29 is 27.8 Å². The summed E-state index contributed by atoms with van der Waals surface area (Å²) in [6.07, 6.45) is -5.29. The molecule has 7 heteroatoms. The fraction of sp³-hybridized carbons (Fsp3) is 0.364. The molecule has 0 aliphatic rings. The van der Waals surface area contributed by atoms with Crippen molar-refractivity contribution in [3.63, 3.8) is 0 Å². The molecule has 0 unspecified atom stereocenters. The van der Waals surface area contributed by atoms with E-state index in [-0.39, 0.29) is 29.4 Å². The number of alkyl halides is 3. The Hall–Kier alpha value is -1.43. The molecule has 0 heterocycles. The van der Waals surface area contributed by atoms with Gasteiger partial charge in [0, 0.05) is 6.42 Å². The van der Waals surface area contributed by atoms with Crippen molar-refractivity contribution in [1.82, 2.24) is 0 Å². The summed E-state index contributed by atoms with van der Waals surface area (Å²) in [7, 11) is 0. The van der Waals surface area contributed by atoms with Gasteiger partial charge in [-0.2, -0.15) is 13.2 Å². The molecule has 0 fully saturated rings. The lowest BCUT2D eigenvalue weighted by molar-refractivity contribution is -0.136. The first-order valence-corrected chi connectivity index (χ1v) is 5.40. The molecule has 0 aliphatic carbocycles. The van der Waals surface area contributed by atoms with Crippen molar-refractivity contribution in [2.75, 3.05) is 6.61 Å². The minimum Gasteiger partial charge on any atom is -0.494 e. The molecular formula is C11H10ClF3O3. The Kier molecular flexibility index (Phi) is 4.84. The van der Waals surface area contributed by atoms with Gasteiger partial charge < -0.3 is 9.84 Å². The smallest absolute Gasteiger partial charge is 0.389 e. The third-order valence-electron chi connectivity index (χ3n) is 2.04. The van der Waals surface area contributed by atoms with Crippen LogP contribution in [0.4, 0.5) is 13.2 Å². The summed E-state index contributed by atoms with van der Waals surface area (Å²) in [5.74, 6) is -0.934. The maximum atomic E-state index is 11.8. The van der Waals surface area contributed by atoms with Crippen LogP contribution < -0.4 is 4.74 Å². The van der Waals surface area contributed by atoms with E-state index in [1.807, 2.05) is 0 Å². The van der Waals surface area contributed by atoms with E-state index in [0.29, 0.717) is 0 Å². The number of ether oxygens (including phenoxy) is 1.